The van der Waals surface area contributed by atoms with Crippen molar-refractivity contribution in [1.82, 2.24) is 0 Å². The number of hydrogen-bond acceptors (Lipinski definition) is 0. The van der Waals surface area contributed by atoms with E-state index in [1.807, 2.05) is 0 Å². The highest BCUT2D eigenvalue weighted by atomic mass is 79.9. The molecule has 0 bridgehead atoms. The molecule has 1 atom stereocenters. The van der Waals surface area contributed by atoms with Gasteiger partial charge in [0.15, 0.2) is 0 Å². The van der Waals surface area contributed by atoms with Crippen molar-refractivity contribution in [2.45, 2.75) is 109 Å². The van der Waals surface area contributed by atoms with Crippen molar-refractivity contribution < 1.29 is 0 Å². The van der Waals surface area contributed by atoms with Crippen molar-refractivity contribution >= 4 is 26.2 Å². The predicted molar refractivity (Wildman–Crippen MR) is 182 cm³/mol. The molecule has 3 rings (SSSR count). The molecule has 0 spiro atoms. The molecule has 3 aromatic rings. The van der Waals surface area contributed by atoms with E-state index in [4.69, 9.17) is 0 Å². The monoisotopic (exact) mass is 608 g/mol. The van der Waals surface area contributed by atoms with Crippen molar-refractivity contribution in [3.05, 3.63) is 108 Å². The lowest BCUT2D eigenvalue weighted by Crippen LogP contribution is -2.30. The van der Waals surface area contributed by atoms with Crippen LogP contribution in [0.4, 0.5) is 0 Å². The Balaban J connectivity index is 0.00000533. The molecule has 0 heterocycles. The summed E-state index contributed by atoms with van der Waals surface area (Å²) in [7, 11) is 2.85. The molecular formula is C37H54BrP. The lowest BCUT2D eigenvalue weighted by atomic mass is 9.69. The van der Waals surface area contributed by atoms with E-state index in [1.165, 1.54) is 113 Å². The van der Waals surface area contributed by atoms with Crippen molar-refractivity contribution in [2.75, 3.05) is 6.16 Å². The van der Waals surface area contributed by atoms with Gasteiger partial charge in [0.05, 0.1) is 0 Å². The van der Waals surface area contributed by atoms with Crippen molar-refractivity contribution in [2.24, 2.45) is 5.41 Å². The second-order valence-corrected chi connectivity index (χ2v) is 12.2. The number of hydrogen-bond donors (Lipinski definition) is 0. The summed E-state index contributed by atoms with van der Waals surface area (Å²) in [6.45, 7) is 0. The summed E-state index contributed by atoms with van der Waals surface area (Å²) in [5.41, 5.74) is 4.68. The minimum Gasteiger partial charge on any atom is -0.138 e. The van der Waals surface area contributed by atoms with E-state index in [-0.39, 0.29) is 22.4 Å². The zero-order valence-corrected chi connectivity index (χ0v) is 27.2. The highest BCUT2D eigenvalue weighted by Gasteiger charge is 2.30. The maximum Gasteiger partial charge on any atom is -0.0176 e. The van der Waals surface area contributed by atoms with Gasteiger partial charge in [0, 0.05) is 0 Å². The Hall–Kier alpha value is -1.43. The van der Waals surface area contributed by atoms with E-state index >= 15 is 0 Å². The number of unbranched alkanes of at least 4 members (excludes halogenated alkanes) is 12. The maximum atomic E-state index is 2.85. The van der Waals surface area contributed by atoms with Crippen LogP contribution in [0.25, 0.3) is 0 Å². The van der Waals surface area contributed by atoms with Gasteiger partial charge in [0.25, 0.3) is 0 Å². The van der Waals surface area contributed by atoms with E-state index in [9.17, 15) is 0 Å². The third-order valence-electron chi connectivity index (χ3n) is 8.18. The lowest BCUT2D eigenvalue weighted by Gasteiger charge is -2.35. The molecule has 0 N–H and O–H groups in total. The van der Waals surface area contributed by atoms with Gasteiger partial charge in [0.1, 0.15) is 0 Å². The van der Waals surface area contributed by atoms with Gasteiger partial charge in [-0.25, -0.2) is 0 Å². The Morgan fingerprint density at radius 2 is 0.667 bits per heavy atom. The predicted octanol–water partition coefficient (Wildman–Crippen LogP) is 11.6. The standard InChI is InChI=1S/C37H53P.BrH/c38-30-22-11-9-7-5-3-1-2-4-6-8-10-21-29-37(31-34-23-15-12-16-24-34,32-35-25-17-13-18-26-35)33-36-27-19-14-20-28-36;/h12-20,23-28H,1-11,21-22,29-33,38H2;1H. The Morgan fingerprint density at radius 1 is 0.385 bits per heavy atom. The van der Waals surface area contributed by atoms with Gasteiger partial charge in [-0.3, -0.25) is 0 Å². The van der Waals surface area contributed by atoms with Gasteiger partial charge in [-0.05, 0) is 60.4 Å². The smallest absolute Gasteiger partial charge is 0.0176 e. The summed E-state index contributed by atoms with van der Waals surface area (Å²) >= 11 is 0. The van der Waals surface area contributed by atoms with Crippen LogP contribution in [0, 0.1) is 5.41 Å². The molecule has 0 aliphatic rings. The van der Waals surface area contributed by atoms with E-state index in [0.717, 1.165) is 19.3 Å². The molecule has 0 saturated heterocycles. The molecule has 0 fully saturated rings. The van der Waals surface area contributed by atoms with E-state index < -0.39 is 0 Å². The normalized spacial score (nSPS) is 11.3. The zero-order valence-electron chi connectivity index (χ0n) is 24.4. The first-order chi connectivity index (χ1) is 18.8. The number of rotatable bonds is 21. The average Bonchev–Trinajstić information content (AvgIpc) is 2.95. The van der Waals surface area contributed by atoms with Gasteiger partial charge >= 0.3 is 0 Å². The highest BCUT2D eigenvalue weighted by molar-refractivity contribution is 8.93. The summed E-state index contributed by atoms with van der Waals surface area (Å²) in [5, 5.41) is 0. The molecule has 0 amide bonds. The van der Waals surface area contributed by atoms with Gasteiger partial charge < -0.3 is 0 Å². The van der Waals surface area contributed by atoms with Crippen molar-refractivity contribution in [3.63, 3.8) is 0 Å². The zero-order chi connectivity index (χ0) is 26.6. The first kappa shape index (κ1) is 33.8. The first-order valence-electron chi connectivity index (χ1n) is 15.6. The van der Waals surface area contributed by atoms with Crippen LogP contribution in [0.2, 0.25) is 0 Å². The first-order valence-corrected chi connectivity index (χ1v) is 16.4. The third kappa shape index (κ3) is 14.7. The second kappa shape index (κ2) is 21.3. The molecule has 0 aliphatic heterocycles. The summed E-state index contributed by atoms with van der Waals surface area (Å²) in [5.74, 6) is 0. The summed E-state index contributed by atoms with van der Waals surface area (Å²) < 4.78 is 0. The van der Waals surface area contributed by atoms with E-state index in [0.29, 0.717) is 0 Å². The minimum absolute atomic E-state index is 0. The molecule has 3 aromatic carbocycles. The highest BCUT2D eigenvalue weighted by Crippen LogP contribution is 2.37. The molecule has 0 radical (unpaired) electrons. The minimum atomic E-state index is 0. The topological polar surface area (TPSA) is 0 Å². The SMILES string of the molecule is Br.PCCCCCCCCCCCCCCCC(Cc1ccccc1)(Cc1ccccc1)Cc1ccccc1. The Morgan fingerprint density at radius 3 is 0.974 bits per heavy atom. The maximum absolute atomic E-state index is 2.85. The molecule has 0 aliphatic carbocycles. The fourth-order valence-electron chi connectivity index (χ4n) is 6.13. The molecule has 0 saturated carbocycles. The van der Waals surface area contributed by atoms with Crippen LogP contribution in [-0.2, 0) is 19.3 Å². The van der Waals surface area contributed by atoms with Gasteiger partial charge in [-0.15, -0.1) is 26.2 Å². The Labute approximate surface area is 253 Å². The van der Waals surface area contributed by atoms with Crippen LogP contribution in [0.3, 0.4) is 0 Å². The molecule has 2 heteroatoms. The van der Waals surface area contributed by atoms with Crippen LogP contribution in [0.1, 0.15) is 107 Å². The summed E-state index contributed by atoms with van der Waals surface area (Å²) in [6, 6.07) is 33.6. The molecular weight excluding hydrogens is 555 g/mol. The van der Waals surface area contributed by atoms with Crippen LogP contribution < -0.4 is 0 Å². The fraction of sp³-hybridized carbons (Fsp3) is 0.514. The van der Waals surface area contributed by atoms with Gasteiger partial charge in [0.2, 0.25) is 0 Å². The van der Waals surface area contributed by atoms with Crippen LogP contribution in [0.5, 0.6) is 0 Å². The van der Waals surface area contributed by atoms with Crippen molar-refractivity contribution in [3.8, 4) is 0 Å². The van der Waals surface area contributed by atoms with Gasteiger partial charge in [-0.1, -0.05) is 168 Å². The lowest BCUT2D eigenvalue weighted by molar-refractivity contribution is 0.243. The second-order valence-electron chi connectivity index (χ2n) is 11.6. The molecule has 39 heavy (non-hydrogen) atoms. The third-order valence-corrected chi connectivity index (χ3v) is 8.59. The quantitative estimate of drug-likeness (QED) is 0.0833. The Kier molecular flexibility index (Phi) is 18.5. The van der Waals surface area contributed by atoms with Crippen molar-refractivity contribution in [1.29, 1.82) is 0 Å². The Bertz CT molecular complexity index is 840. The van der Waals surface area contributed by atoms with Crippen LogP contribution >= 0.6 is 26.2 Å². The molecule has 214 valence electrons. The number of halogens is 1. The van der Waals surface area contributed by atoms with Crippen LogP contribution in [-0.4, -0.2) is 6.16 Å². The fourth-order valence-corrected chi connectivity index (χ4v) is 6.42. The average molecular weight is 610 g/mol. The van der Waals surface area contributed by atoms with E-state index in [1.54, 1.807) is 0 Å². The molecule has 0 nitrogen and oxygen atoms in total. The van der Waals surface area contributed by atoms with E-state index in [2.05, 4.69) is 100 Å². The number of benzene rings is 3. The summed E-state index contributed by atoms with van der Waals surface area (Å²) in [6.07, 6.45) is 24.4. The summed E-state index contributed by atoms with van der Waals surface area (Å²) in [4.78, 5) is 0. The van der Waals surface area contributed by atoms with Crippen LogP contribution in [0.15, 0.2) is 91.0 Å². The molecule has 1 unspecified atom stereocenters. The largest absolute Gasteiger partial charge is 0.138 e. The molecule has 0 aromatic heterocycles. The van der Waals surface area contributed by atoms with Gasteiger partial charge in [-0.2, -0.15) is 0 Å².